The van der Waals surface area contributed by atoms with Crippen LogP contribution in [0.5, 0.6) is 5.75 Å². The lowest BCUT2D eigenvalue weighted by atomic mass is 9.99. The van der Waals surface area contributed by atoms with Crippen molar-refractivity contribution in [2.24, 2.45) is 0 Å². The van der Waals surface area contributed by atoms with E-state index in [0.29, 0.717) is 23.2 Å². The predicted octanol–water partition coefficient (Wildman–Crippen LogP) is 6.43. The van der Waals surface area contributed by atoms with Crippen LogP contribution in [0.15, 0.2) is 48.5 Å². The fourth-order valence-corrected chi connectivity index (χ4v) is 4.02. The van der Waals surface area contributed by atoms with Crippen molar-refractivity contribution in [1.29, 1.82) is 5.41 Å². The molecular weight excluding hydrogens is 492 g/mol. The second-order valence-corrected chi connectivity index (χ2v) is 8.86. The van der Waals surface area contributed by atoms with Gasteiger partial charge in [0.05, 0.1) is 16.9 Å². The molecule has 1 fully saturated rings. The predicted molar refractivity (Wildman–Crippen MR) is 154 cm³/mol. The first-order valence-corrected chi connectivity index (χ1v) is 12.9. The molecule has 1 saturated carbocycles. The smallest absolute Gasteiger partial charge is 0.335 e. The lowest BCUT2D eigenvalue weighted by molar-refractivity contribution is -0.112. The number of carbonyl (C=O) groups excluding carboxylic acids is 1. The highest BCUT2D eigenvalue weighted by molar-refractivity contribution is 6.11. The molecule has 3 aromatic rings. The first-order chi connectivity index (χ1) is 18.7. The van der Waals surface area contributed by atoms with Crippen LogP contribution >= 0.6 is 0 Å². The van der Waals surface area contributed by atoms with Gasteiger partial charge in [0.1, 0.15) is 11.6 Å². The summed E-state index contributed by atoms with van der Waals surface area (Å²) in [6, 6.07) is 13.3. The van der Waals surface area contributed by atoms with Crippen molar-refractivity contribution in [2.45, 2.75) is 53.4 Å². The molecule has 3 N–H and O–H groups in total. The Kier molecular flexibility index (Phi) is 9.45. The number of carbonyl (C=O) groups is 2. The summed E-state index contributed by atoms with van der Waals surface area (Å²) in [6.07, 6.45) is 2.13. The van der Waals surface area contributed by atoms with Crippen LogP contribution in [-0.4, -0.2) is 34.9 Å². The number of ether oxygens (including phenoxy) is 1. The van der Waals surface area contributed by atoms with Gasteiger partial charge in [-0.2, -0.15) is 0 Å². The molecule has 0 aliphatic heterocycles. The van der Waals surface area contributed by atoms with Crippen LogP contribution in [-0.2, 0) is 4.79 Å². The maximum absolute atomic E-state index is 13.3. The highest BCUT2D eigenvalue weighted by Gasteiger charge is 2.31. The van der Waals surface area contributed by atoms with E-state index in [1.807, 2.05) is 26.8 Å². The number of aromatic nitrogens is 1. The third kappa shape index (κ3) is 6.63. The average Bonchev–Trinajstić information content (AvgIpc) is 3.78. The van der Waals surface area contributed by atoms with Gasteiger partial charge < -0.3 is 15.2 Å². The molecule has 1 aromatic heterocycles. The van der Waals surface area contributed by atoms with Gasteiger partial charge in [-0.05, 0) is 105 Å². The van der Waals surface area contributed by atoms with Crippen LogP contribution in [0.3, 0.4) is 0 Å². The van der Waals surface area contributed by atoms with Gasteiger partial charge in [-0.3, -0.25) is 15.1 Å². The van der Waals surface area contributed by atoms with E-state index in [1.165, 1.54) is 29.2 Å². The van der Waals surface area contributed by atoms with Crippen LogP contribution in [0.25, 0.3) is 0 Å². The standard InChI is InChI=1S/C29H28N4O4.C2H6/c1-5-6-26(34)33(24-16-18(3)17(2)15-22(24)19-7-8-19)25-14-13-23(31-4)27(32-25)28(30)37-21-11-9-20(10-12-21)29(35)36;1-2/h9-16,19,30-31H,7-8H2,1-4H3,(H,35,36);1-2H3. The lowest BCUT2D eigenvalue weighted by Gasteiger charge is -2.25. The van der Waals surface area contributed by atoms with Gasteiger partial charge in [-0.25, -0.2) is 9.78 Å². The van der Waals surface area contributed by atoms with E-state index in [9.17, 15) is 9.59 Å². The number of nitrogens with zero attached hydrogens (tertiary/aromatic N) is 2. The normalized spacial score (nSPS) is 11.7. The molecule has 1 heterocycles. The summed E-state index contributed by atoms with van der Waals surface area (Å²) >= 11 is 0. The van der Waals surface area contributed by atoms with E-state index >= 15 is 0 Å². The zero-order valence-electron chi connectivity index (χ0n) is 23.2. The SMILES string of the molecule is CC.CC#CC(=O)N(c1ccc(NC)c(C(=N)Oc2ccc(C(=O)O)cc2)n1)c1cc(C)c(C)cc1C1CC1. The molecule has 0 spiro atoms. The quantitative estimate of drug-likeness (QED) is 0.185. The zero-order valence-corrected chi connectivity index (χ0v) is 23.2. The number of carboxylic acids is 1. The van der Waals surface area contributed by atoms with Gasteiger partial charge in [-0.15, -0.1) is 0 Å². The van der Waals surface area contributed by atoms with Gasteiger partial charge in [0.15, 0.2) is 5.69 Å². The topological polar surface area (TPSA) is 116 Å². The van der Waals surface area contributed by atoms with Crippen molar-refractivity contribution in [3.8, 4) is 17.6 Å². The number of hydrogen-bond acceptors (Lipinski definition) is 6. The van der Waals surface area contributed by atoms with Gasteiger partial charge >= 0.3 is 11.9 Å². The van der Waals surface area contributed by atoms with Crippen LogP contribution < -0.4 is 15.0 Å². The number of anilines is 3. The van der Waals surface area contributed by atoms with Crippen LogP contribution in [0, 0.1) is 31.1 Å². The Morgan fingerprint density at radius 1 is 1.08 bits per heavy atom. The Bertz CT molecular complexity index is 1450. The summed E-state index contributed by atoms with van der Waals surface area (Å²) in [6.45, 7) is 9.68. The number of nitrogens with one attached hydrogen (secondary N) is 2. The molecule has 4 rings (SSSR count). The number of rotatable bonds is 7. The minimum absolute atomic E-state index is 0.112. The molecule has 0 unspecified atom stereocenters. The summed E-state index contributed by atoms with van der Waals surface area (Å²) < 4.78 is 5.69. The second kappa shape index (κ2) is 12.7. The Labute approximate surface area is 229 Å². The molecule has 8 nitrogen and oxygen atoms in total. The van der Waals surface area contributed by atoms with Crippen molar-refractivity contribution in [1.82, 2.24) is 4.98 Å². The summed E-state index contributed by atoms with van der Waals surface area (Å²) in [7, 11) is 1.70. The first kappa shape index (κ1) is 28.9. The van der Waals surface area contributed by atoms with E-state index in [0.717, 1.165) is 35.2 Å². The number of aromatic carboxylic acids is 1. The minimum Gasteiger partial charge on any atom is -0.478 e. The molecule has 1 amide bonds. The van der Waals surface area contributed by atoms with Gasteiger partial charge in [0.2, 0.25) is 5.90 Å². The Morgan fingerprint density at radius 3 is 2.28 bits per heavy atom. The maximum Gasteiger partial charge on any atom is 0.335 e. The van der Waals surface area contributed by atoms with E-state index in [1.54, 1.807) is 26.1 Å². The third-order valence-electron chi connectivity index (χ3n) is 6.25. The monoisotopic (exact) mass is 526 g/mol. The van der Waals surface area contributed by atoms with E-state index in [4.69, 9.17) is 15.3 Å². The Balaban J connectivity index is 0.00000205. The molecule has 1 aliphatic carbocycles. The third-order valence-corrected chi connectivity index (χ3v) is 6.25. The van der Waals surface area contributed by atoms with Gasteiger partial charge in [0.25, 0.3) is 0 Å². The summed E-state index contributed by atoms with van der Waals surface area (Å²) in [5, 5.41) is 20.7. The van der Waals surface area contributed by atoms with Crippen molar-refractivity contribution in [3.63, 3.8) is 0 Å². The molecular formula is C31H34N4O4. The highest BCUT2D eigenvalue weighted by Crippen LogP contribution is 2.46. The number of benzene rings is 2. The lowest BCUT2D eigenvalue weighted by Crippen LogP contribution is -2.27. The summed E-state index contributed by atoms with van der Waals surface area (Å²) in [4.78, 5) is 30.6. The molecule has 0 radical (unpaired) electrons. The number of carboxylic acid groups (broad SMARTS) is 1. The maximum atomic E-state index is 13.3. The molecule has 8 heteroatoms. The van der Waals surface area contributed by atoms with Crippen molar-refractivity contribution < 1.29 is 19.4 Å². The number of pyridine rings is 1. The first-order valence-electron chi connectivity index (χ1n) is 12.9. The molecule has 1 aliphatic rings. The van der Waals surface area contributed by atoms with Crippen molar-refractivity contribution in [3.05, 3.63) is 76.5 Å². The Morgan fingerprint density at radius 2 is 1.72 bits per heavy atom. The average molecular weight is 527 g/mol. The molecule has 0 bridgehead atoms. The molecule has 2 aromatic carbocycles. The summed E-state index contributed by atoms with van der Waals surface area (Å²) in [5.41, 5.74) is 4.87. The molecule has 0 atom stereocenters. The molecule has 39 heavy (non-hydrogen) atoms. The van der Waals surface area contributed by atoms with Crippen LogP contribution in [0.2, 0.25) is 0 Å². The van der Waals surface area contributed by atoms with E-state index in [-0.39, 0.29) is 17.2 Å². The van der Waals surface area contributed by atoms with Crippen LogP contribution in [0.4, 0.5) is 17.2 Å². The number of hydrogen-bond donors (Lipinski definition) is 3. The zero-order chi connectivity index (χ0) is 28.7. The van der Waals surface area contributed by atoms with Gasteiger partial charge in [0, 0.05) is 7.05 Å². The minimum atomic E-state index is -1.05. The number of amides is 1. The van der Waals surface area contributed by atoms with Crippen LogP contribution in [0.1, 0.15) is 72.3 Å². The Hall–Kier alpha value is -4.64. The second-order valence-electron chi connectivity index (χ2n) is 8.86. The van der Waals surface area contributed by atoms with Crippen molar-refractivity contribution >= 4 is 35.0 Å². The molecule has 202 valence electrons. The largest absolute Gasteiger partial charge is 0.478 e. The van der Waals surface area contributed by atoms with Gasteiger partial charge in [-0.1, -0.05) is 25.8 Å². The number of aryl methyl sites for hydroxylation is 2. The highest BCUT2D eigenvalue weighted by atomic mass is 16.5. The fraction of sp³-hybridized carbons (Fsp3) is 0.290. The van der Waals surface area contributed by atoms with E-state index < -0.39 is 11.9 Å². The summed E-state index contributed by atoms with van der Waals surface area (Å²) in [5.74, 6) is 4.60. The van der Waals surface area contributed by atoms with Crippen molar-refractivity contribution in [2.75, 3.05) is 17.3 Å². The van der Waals surface area contributed by atoms with E-state index in [2.05, 4.69) is 35.1 Å². The fourth-order valence-electron chi connectivity index (χ4n) is 4.02. The molecule has 0 saturated heterocycles.